The largest absolute Gasteiger partial charge is 0.507 e. The number of anilines is 1. The van der Waals surface area contributed by atoms with Gasteiger partial charge in [0.1, 0.15) is 5.75 Å². The van der Waals surface area contributed by atoms with E-state index in [4.69, 9.17) is 5.73 Å². The summed E-state index contributed by atoms with van der Waals surface area (Å²) >= 11 is 0. The Labute approximate surface area is 153 Å². The zero-order valence-corrected chi connectivity index (χ0v) is 14.9. The Hall–Kier alpha value is -2.34. The number of hydrogen-bond donors (Lipinski definition) is 3. The van der Waals surface area contributed by atoms with Gasteiger partial charge < -0.3 is 20.7 Å². The lowest BCUT2D eigenvalue weighted by Gasteiger charge is -2.26. The van der Waals surface area contributed by atoms with Crippen molar-refractivity contribution in [3.8, 4) is 17.0 Å². The number of nitrogens with two attached hydrogens (primary N) is 1. The molecule has 6 heteroatoms. The van der Waals surface area contributed by atoms with Crippen LogP contribution >= 0.6 is 0 Å². The van der Waals surface area contributed by atoms with Crippen LogP contribution < -0.4 is 16.6 Å². The van der Waals surface area contributed by atoms with Crippen LogP contribution in [0.3, 0.4) is 0 Å². The number of piperidine rings is 1. The molecule has 1 saturated carbocycles. The molecule has 2 heterocycles. The van der Waals surface area contributed by atoms with Gasteiger partial charge in [-0.1, -0.05) is 25.3 Å². The van der Waals surface area contributed by atoms with Gasteiger partial charge in [-0.3, -0.25) is 4.79 Å². The van der Waals surface area contributed by atoms with Gasteiger partial charge in [0, 0.05) is 24.3 Å². The Kier molecular flexibility index (Phi) is 4.68. The predicted molar refractivity (Wildman–Crippen MR) is 102 cm³/mol. The fraction of sp³-hybridized carbons (Fsp3) is 0.500. The third-order valence-electron chi connectivity index (χ3n) is 5.71. The Bertz CT molecular complexity index is 851. The highest BCUT2D eigenvalue weighted by Gasteiger charge is 2.21. The molecule has 26 heavy (non-hydrogen) atoms. The minimum Gasteiger partial charge on any atom is -0.507 e. The third-order valence-corrected chi connectivity index (χ3v) is 5.71. The minimum atomic E-state index is -0.257. The first-order chi connectivity index (χ1) is 12.6. The van der Waals surface area contributed by atoms with E-state index in [0.717, 1.165) is 38.3 Å². The molecule has 6 nitrogen and oxygen atoms in total. The van der Waals surface area contributed by atoms with Crippen molar-refractivity contribution in [3.63, 3.8) is 0 Å². The zero-order chi connectivity index (χ0) is 18.1. The van der Waals surface area contributed by atoms with Crippen LogP contribution in [0.25, 0.3) is 11.3 Å². The van der Waals surface area contributed by atoms with Crippen molar-refractivity contribution < 1.29 is 5.11 Å². The van der Waals surface area contributed by atoms with Gasteiger partial charge in [-0.2, -0.15) is 0 Å². The molecule has 4 rings (SSSR count). The van der Waals surface area contributed by atoms with Gasteiger partial charge >= 0.3 is 0 Å². The molecule has 1 unspecified atom stereocenters. The van der Waals surface area contributed by atoms with Crippen LogP contribution in [0.5, 0.6) is 5.75 Å². The summed E-state index contributed by atoms with van der Waals surface area (Å²) in [6, 6.07) is 5.75. The first kappa shape index (κ1) is 17.1. The van der Waals surface area contributed by atoms with E-state index in [1.807, 2.05) is 12.1 Å². The van der Waals surface area contributed by atoms with Gasteiger partial charge in [0.05, 0.1) is 5.69 Å². The standard InChI is InChI=1S/C20H26N4O2/c21-19-20(26)24(15-5-2-8-22-11-15)12-17(23-19)16-10-14(6-7-18(16)25)9-13-3-1-4-13/h6-7,10,12-13,15,22,25H,1-5,8-9,11H2,(H2,21,23). The van der Waals surface area contributed by atoms with Gasteiger partial charge in [-0.05, 0) is 49.4 Å². The number of phenols is 1. The summed E-state index contributed by atoms with van der Waals surface area (Å²) in [7, 11) is 0. The molecule has 4 N–H and O–H groups in total. The molecule has 0 spiro atoms. The van der Waals surface area contributed by atoms with Gasteiger partial charge in [-0.15, -0.1) is 0 Å². The highest BCUT2D eigenvalue weighted by molar-refractivity contribution is 5.68. The van der Waals surface area contributed by atoms with E-state index in [9.17, 15) is 9.90 Å². The summed E-state index contributed by atoms with van der Waals surface area (Å²) < 4.78 is 1.68. The Balaban J connectivity index is 1.71. The maximum atomic E-state index is 12.5. The second kappa shape index (κ2) is 7.11. The van der Waals surface area contributed by atoms with Crippen LogP contribution in [0.15, 0.2) is 29.2 Å². The second-order valence-corrected chi connectivity index (χ2v) is 7.58. The van der Waals surface area contributed by atoms with E-state index in [-0.39, 0.29) is 23.2 Å². The van der Waals surface area contributed by atoms with E-state index in [1.54, 1.807) is 16.8 Å². The van der Waals surface area contributed by atoms with Crippen molar-refractivity contribution in [2.24, 2.45) is 5.92 Å². The van der Waals surface area contributed by atoms with Crippen LogP contribution in [-0.4, -0.2) is 27.7 Å². The quantitative estimate of drug-likeness (QED) is 0.784. The van der Waals surface area contributed by atoms with Crippen molar-refractivity contribution >= 4 is 5.82 Å². The molecular weight excluding hydrogens is 328 g/mol. The first-order valence-electron chi connectivity index (χ1n) is 9.53. The Morgan fingerprint density at radius 1 is 1.27 bits per heavy atom. The summed E-state index contributed by atoms with van der Waals surface area (Å²) in [6.07, 6.45) is 8.60. The van der Waals surface area contributed by atoms with Crippen LogP contribution in [0, 0.1) is 5.92 Å². The molecule has 1 aromatic heterocycles. The summed E-state index contributed by atoms with van der Waals surface area (Å²) in [5.41, 5.74) is 8.06. The number of nitrogen functional groups attached to an aromatic ring is 1. The van der Waals surface area contributed by atoms with Crippen LogP contribution in [0.4, 0.5) is 5.82 Å². The molecule has 2 fully saturated rings. The van der Waals surface area contributed by atoms with Crippen LogP contribution in [0.2, 0.25) is 0 Å². The maximum absolute atomic E-state index is 12.5. The number of aromatic hydroxyl groups is 1. The highest BCUT2D eigenvalue weighted by atomic mass is 16.3. The Morgan fingerprint density at radius 2 is 2.12 bits per heavy atom. The fourth-order valence-electron chi connectivity index (χ4n) is 3.95. The molecule has 0 radical (unpaired) electrons. The van der Waals surface area contributed by atoms with Gasteiger partial charge in [0.15, 0.2) is 5.82 Å². The van der Waals surface area contributed by atoms with Crippen LogP contribution in [-0.2, 0) is 6.42 Å². The SMILES string of the molecule is Nc1nc(-c2cc(CC3CCC3)ccc2O)cn(C2CCCNC2)c1=O. The number of phenolic OH excluding ortho intramolecular Hbond substituents is 1. The molecule has 0 bridgehead atoms. The van der Waals surface area contributed by atoms with E-state index < -0.39 is 0 Å². The van der Waals surface area contributed by atoms with E-state index in [0.29, 0.717) is 11.3 Å². The van der Waals surface area contributed by atoms with Crippen molar-refractivity contribution in [3.05, 3.63) is 40.3 Å². The normalized spacial score (nSPS) is 20.7. The molecule has 0 amide bonds. The lowest BCUT2D eigenvalue weighted by Crippen LogP contribution is -2.37. The van der Waals surface area contributed by atoms with Gasteiger partial charge in [0.25, 0.3) is 5.56 Å². The molecular formula is C20H26N4O2. The number of nitrogens with one attached hydrogen (secondary N) is 1. The number of aromatic nitrogens is 2. The van der Waals surface area contributed by atoms with E-state index in [2.05, 4.69) is 10.3 Å². The monoisotopic (exact) mass is 354 g/mol. The van der Waals surface area contributed by atoms with Crippen molar-refractivity contribution in [1.82, 2.24) is 14.9 Å². The van der Waals surface area contributed by atoms with Gasteiger partial charge in [-0.25, -0.2) is 4.98 Å². The molecule has 1 aromatic carbocycles. The average Bonchev–Trinajstić information content (AvgIpc) is 2.62. The summed E-state index contributed by atoms with van der Waals surface area (Å²) in [4.78, 5) is 16.8. The molecule has 1 aliphatic heterocycles. The molecule has 138 valence electrons. The maximum Gasteiger partial charge on any atom is 0.293 e. The number of nitrogens with zero attached hydrogens (tertiary/aromatic N) is 2. The second-order valence-electron chi connectivity index (χ2n) is 7.58. The minimum absolute atomic E-state index is 0.0168. The first-order valence-corrected chi connectivity index (χ1v) is 9.53. The van der Waals surface area contributed by atoms with E-state index in [1.165, 1.54) is 24.8 Å². The van der Waals surface area contributed by atoms with E-state index >= 15 is 0 Å². The van der Waals surface area contributed by atoms with Crippen molar-refractivity contribution in [1.29, 1.82) is 0 Å². The molecule has 1 aliphatic carbocycles. The molecule has 1 saturated heterocycles. The predicted octanol–water partition coefficient (Wildman–Crippen LogP) is 2.47. The highest BCUT2D eigenvalue weighted by Crippen LogP contribution is 2.34. The lowest BCUT2D eigenvalue weighted by molar-refractivity contribution is 0.314. The van der Waals surface area contributed by atoms with Gasteiger partial charge in [0.2, 0.25) is 0 Å². The average molecular weight is 354 g/mol. The number of hydrogen-bond acceptors (Lipinski definition) is 5. The zero-order valence-electron chi connectivity index (χ0n) is 14.9. The molecule has 2 aliphatic rings. The number of rotatable bonds is 4. The van der Waals surface area contributed by atoms with Crippen LogP contribution in [0.1, 0.15) is 43.7 Å². The number of benzene rings is 1. The molecule has 2 aromatic rings. The summed E-state index contributed by atoms with van der Waals surface area (Å²) in [6.45, 7) is 1.72. The summed E-state index contributed by atoms with van der Waals surface area (Å²) in [5, 5.41) is 13.7. The fourth-order valence-corrected chi connectivity index (χ4v) is 3.95. The third kappa shape index (κ3) is 3.33. The summed E-state index contributed by atoms with van der Waals surface area (Å²) in [5.74, 6) is 0.894. The topological polar surface area (TPSA) is 93.2 Å². The lowest BCUT2D eigenvalue weighted by atomic mass is 9.81. The van der Waals surface area contributed by atoms with Crippen molar-refractivity contribution in [2.45, 2.75) is 44.6 Å². The smallest absolute Gasteiger partial charge is 0.293 e. The molecule has 1 atom stereocenters. The van der Waals surface area contributed by atoms with Crippen molar-refractivity contribution in [2.75, 3.05) is 18.8 Å². The Morgan fingerprint density at radius 3 is 2.81 bits per heavy atom.